The molecule has 2 amide bonds. The third-order valence-corrected chi connectivity index (χ3v) is 5.61. The summed E-state index contributed by atoms with van der Waals surface area (Å²) in [5.74, 6) is 0.250. The van der Waals surface area contributed by atoms with Crippen LogP contribution in [0.25, 0.3) is 0 Å². The molecule has 1 aromatic carbocycles. The maximum Gasteiger partial charge on any atom is 0.239 e. The lowest BCUT2D eigenvalue weighted by Crippen LogP contribution is -2.42. The lowest BCUT2D eigenvalue weighted by Gasteiger charge is -2.11. The smallest absolute Gasteiger partial charge is 0.239 e. The van der Waals surface area contributed by atoms with Crippen molar-refractivity contribution in [2.24, 2.45) is 0 Å². The van der Waals surface area contributed by atoms with Gasteiger partial charge >= 0.3 is 0 Å². The zero-order valence-corrected chi connectivity index (χ0v) is 14.4. The third kappa shape index (κ3) is 5.84. The number of carbonyl (C=O) groups is 2. The maximum absolute atomic E-state index is 11.8. The third-order valence-electron chi connectivity index (χ3n) is 3.84. The quantitative estimate of drug-likeness (QED) is 0.720. The van der Waals surface area contributed by atoms with Crippen molar-refractivity contribution in [3.63, 3.8) is 0 Å². The van der Waals surface area contributed by atoms with Gasteiger partial charge in [0.05, 0.1) is 25.2 Å². The van der Waals surface area contributed by atoms with Crippen molar-refractivity contribution in [1.29, 1.82) is 0 Å². The molecule has 1 atom stereocenters. The molecule has 0 spiro atoms. The number of amides is 2. The van der Waals surface area contributed by atoms with E-state index in [0.717, 1.165) is 11.3 Å². The van der Waals surface area contributed by atoms with Gasteiger partial charge in [-0.15, -0.1) is 0 Å². The predicted molar refractivity (Wildman–Crippen MR) is 89.5 cm³/mol. The molecular formula is C16H22N2O5S. The number of hydrogen-bond acceptors (Lipinski definition) is 5. The van der Waals surface area contributed by atoms with Gasteiger partial charge in [-0.3, -0.25) is 9.59 Å². The number of methoxy groups -OCH3 is 1. The Bertz CT molecular complexity index is 685. The molecule has 1 aliphatic heterocycles. The highest BCUT2D eigenvalue weighted by atomic mass is 32.2. The van der Waals surface area contributed by atoms with Gasteiger partial charge in [0.1, 0.15) is 5.75 Å². The number of ether oxygens (including phenoxy) is 1. The van der Waals surface area contributed by atoms with Gasteiger partial charge in [0.2, 0.25) is 11.8 Å². The van der Waals surface area contributed by atoms with Gasteiger partial charge in [-0.2, -0.15) is 0 Å². The molecule has 1 aromatic rings. The molecule has 7 nitrogen and oxygen atoms in total. The van der Waals surface area contributed by atoms with Crippen LogP contribution in [0.3, 0.4) is 0 Å². The lowest BCUT2D eigenvalue weighted by atomic mass is 10.1. The molecule has 1 saturated heterocycles. The first-order chi connectivity index (χ1) is 11.4. The minimum Gasteiger partial charge on any atom is -0.497 e. The average molecular weight is 354 g/mol. The molecule has 132 valence electrons. The highest BCUT2D eigenvalue weighted by molar-refractivity contribution is 7.91. The Hall–Kier alpha value is -2.09. The first kappa shape index (κ1) is 18.3. The van der Waals surface area contributed by atoms with E-state index in [1.807, 2.05) is 24.3 Å². The van der Waals surface area contributed by atoms with E-state index < -0.39 is 9.84 Å². The summed E-state index contributed by atoms with van der Waals surface area (Å²) in [6.45, 7) is -0.141. The van der Waals surface area contributed by atoms with E-state index in [2.05, 4.69) is 10.6 Å². The number of nitrogens with one attached hydrogen (secondary N) is 2. The molecule has 0 aromatic heterocycles. The molecule has 1 heterocycles. The van der Waals surface area contributed by atoms with Crippen molar-refractivity contribution in [2.75, 3.05) is 25.2 Å². The van der Waals surface area contributed by atoms with Crippen LogP contribution in [0.15, 0.2) is 24.3 Å². The van der Waals surface area contributed by atoms with Crippen molar-refractivity contribution in [3.8, 4) is 5.75 Å². The fraction of sp³-hybridized carbons (Fsp3) is 0.500. The second-order valence-electron chi connectivity index (χ2n) is 5.79. The van der Waals surface area contributed by atoms with E-state index in [1.54, 1.807) is 7.11 Å². The van der Waals surface area contributed by atoms with Crippen LogP contribution >= 0.6 is 0 Å². The van der Waals surface area contributed by atoms with E-state index in [4.69, 9.17) is 4.74 Å². The molecule has 1 aliphatic rings. The monoisotopic (exact) mass is 354 g/mol. The summed E-state index contributed by atoms with van der Waals surface area (Å²) in [4.78, 5) is 23.5. The Labute approximate surface area is 141 Å². The number of aryl methyl sites for hydroxylation is 1. The van der Waals surface area contributed by atoms with Crippen LogP contribution in [-0.2, 0) is 25.8 Å². The summed E-state index contributed by atoms with van der Waals surface area (Å²) in [5.41, 5.74) is 1.01. The van der Waals surface area contributed by atoms with Gasteiger partial charge < -0.3 is 15.4 Å². The zero-order valence-electron chi connectivity index (χ0n) is 13.6. The zero-order chi connectivity index (χ0) is 17.6. The van der Waals surface area contributed by atoms with Crippen molar-refractivity contribution < 1.29 is 22.7 Å². The van der Waals surface area contributed by atoms with Crippen molar-refractivity contribution in [2.45, 2.75) is 25.3 Å². The molecule has 24 heavy (non-hydrogen) atoms. The summed E-state index contributed by atoms with van der Waals surface area (Å²) in [5, 5.41) is 5.17. The van der Waals surface area contributed by atoms with Crippen molar-refractivity contribution in [1.82, 2.24) is 10.6 Å². The van der Waals surface area contributed by atoms with E-state index in [0.29, 0.717) is 12.8 Å². The molecule has 0 bridgehead atoms. The first-order valence-electron chi connectivity index (χ1n) is 7.77. The Balaban J connectivity index is 1.66. The number of sulfone groups is 1. The highest BCUT2D eigenvalue weighted by Gasteiger charge is 2.28. The fourth-order valence-electron chi connectivity index (χ4n) is 2.50. The Kier molecular flexibility index (Phi) is 6.19. The van der Waals surface area contributed by atoms with E-state index in [-0.39, 0.29) is 42.3 Å². The van der Waals surface area contributed by atoms with Crippen LogP contribution in [-0.4, -0.2) is 51.4 Å². The van der Waals surface area contributed by atoms with Crippen LogP contribution in [0.4, 0.5) is 0 Å². The number of benzene rings is 1. The van der Waals surface area contributed by atoms with Crippen LogP contribution in [0.1, 0.15) is 18.4 Å². The first-order valence-corrected chi connectivity index (χ1v) is 9.59. The van der Waals surface area contributed by atoms with Crippen LogP contribution in [0.2, 0.25) is 0 Å². The molecule has 0 aliphatic carbocycles. The fourth-order valence-corrected chi connectivity index (χ4v) is 4.18. The standard InChI is InChI=1S/C16H22N2O5S/c1-23-14-5-2-12(3-6-14)4-7-15(19)17-10-16(20)18-13-8-9-24(21,22)11-13/h2-3,5-6,13H,4,7-11H2,1H3,(H,17,19)(H,18,20). The molecule has 2 N–H and O–H groups in total. The Morgan fingerprint density at radius 3 is 2.50 bits per heavy atom. The van der Waals surface area contributed by atoms with E-state index >= 15 is 0 Å². The van der Waals surface area contributed by atoms with Gasteiger partial charge in [-0.1, -0.05) is 12.1 Å². The van der Waals surface area contributed by atoms with Crippen molar-refractivity contribution >= 4 is 21.7 Å². The molecule has 2 rings (SSSR count). The average Bonchev–Trinajstić information content (AvgIpc) is 2.90. The molecular weight excluding hydrogens is 332 g/mol. The summed E-state index contributed by atoms with van der Waals surface area (Å²) in [6, 6.07) is 7.09. The van der Waals surface area contributed by atoms with E-state index in [9.17, 15) is 18.0 Å². The molecule has 0 saturated carbocycles. The van der Waals surface area contributed by atoms with Gasteiger partial charge in [0.25, 0.3) is 0 Å². The summed E-state index contributed by atoms with van der Waals surface area (Å²) in [6.07, 6.45) is 1.27. The normalized spacial score (nSPS) is 18.8. The Morgan fingerprint density at radius 2 is 1.92 bits per heavy atom. The molecule has 0 radical (unpaired) electrons. The number of hydrogen-bond donors (Lipinski definition) is 2. The molecule has 1 fully saturated rings. The van der Waals surface area contributed by atoms with Crippen LogP contribution < -0.4 is 15.4 Å². The van der Waals surface area contributed by atoms with Gasteiger partial charge in [0, 0.05) is 12.5 Å². The number of rotatable bonds is 7. The molecule has 1 unspecified atom stereocenters. The highest BCUT2D eigenvalue weighted by Crippen LogP contribution is 2.12. The van der Waals surface area contributed by atoms with Gasteiger partial charge in [-0.05, 0) is 30.5 Å². The predicted octanol–water partition coefficient (Wildman–Crippen LogP) is 0.0473. The minimum absolute atomic E-state index is 0.0237. The lowest BCUT2D eigenvalue weighted by molar-refractivity contribution is -0.126. The minimum atomic E-state index is -3.03. The van der Waals surface area contributed by atoms with Gasteiger partial charge in [0.15, 0.2) is 9.84 Å². The van der Waals surface area contributed by atoms with Gasteiger partial charge in [-0.25, -0.2) is 8.42 Å². The topological polar surface area (TPSA) is 102 Å². The largest absolute Gasteiger partial charge is 0.497 e. The summed E-state index contributed by atoms with van der Waals surface area (Å²) < 4.78 is 27.7. The second kappa shape index (κ2) is 8.14. The van der Waals surface area contributed by atoms with Crippen LogP contribution in [0.5, 0.6) is 5.75 Å². The van der Waals surface area contributed by atoms with Crippen molar-refractivity contribution in [3.05, 3.63) is 29.8 Å². The summed E-state index contributed by atoms with van der Waals surface area (Å²) in [7, 11) is -1.44. The van der Waals surface area contributed by atoms with Crippen LogP contribution in [0, 0.1) is 0 Å². The maximum atomic E-state index is 11.8. The SMILES string of the molecule is COc1ccc(CCC(=O)NCC(=O)NC2CCS(=O)(=O)C2)cc1. The molecule has 8 heteroatoms. The number of carbonyl (C=O) groups excluding carboxylic acids is 2. The Morgan fingerprint density at radius 1 is 1.21 bits per heavy atom. The van der Waals surface area contributed by atoms with E-state index in [1.165, 1.54) is 0 Å². The summed E-state index contributed by atoms with van der Waals surface area (Å²) >= 11 is 0. The second-order valence-corrected chi connectivity index (χ2v) is 8.02.